The molecule has 1 aliphatic rings. The fraction of sp³-hybridized carbons (Fsp3) is 0.636. The molecule has 0 amide bonds. The van der Waals surface area contributed by atoms with Crippen LogP contribution in [0.5, 0.6) is 0 Å². The molecule has 0 spiro atoms. The van der Waals surface area contributed by atoms with Gasteiger partial charge in [-0.05, 0) is 26.2 Å². The Morgan fingerprint density at radius 3 is 2.89 bits per heavy atom. The molecule has 8 heteroatoms. The minimum absolute atomic E-state index is 0.0577. The van der Waals surface area contributed by atoms with Crippen LogP contribution in [0.4, 0.5) is 11.5 Å². The van der Waals surface area contributed by atoms with Crippen molar-refractivity contribution in [1.82, 2.24) is 9.97 Å². The molecule has 7 nitrogen and oxygen atoms in total. The van der Waals surface area contributed by atoms with Crippen molar-refractivity contribution in [3.05, 3.63) is 21.1 Å². The number of rotatable bonds is 3. The van der Waals surface area contributed by atoms with Crippen LogP contribution in [0.3, 0.4) is 0 Å². The standard InChI is InChI=1S/C11H15ClN4O3/c1-7-13-10(12)9(16(18)19)11(14-7)15-5-3-2-4-8(15)6-17/h8,17H,2-6H2,1H3/t8-/m1/s1. The number of nitrogens with zero attached hydrogens (tertiary/aromatic N) is 4. The number of aromatic nitrogens is 2. The second kappa shape index (κ2) is 5.66. The zero-order chi connectivity index (χ0) is 14.0. The van der Waals surface area contributed by atoms with Gasteiger partial charge in [0.05, 0.1) is 17.6 Å². The van der Waals surface area contributed by atoms with Crippen LogP contribution in [-0.4, -0.2) is 39.2 Å². The van der Waals surface area contributed by atoms with Gasteiger partial charge in [0.1, 0.15) is 5.82 Å². The molecule has 1 N–H and O–H groups in total. The van der Waals surface area contributed by atoms with Crippen molar-refractivity contribution in [2.75, 3.05) is 18.1 Å². The third-order valence-electron chi connectivity index (χ3n) is 3.23. The first-order valence-corrected chi connectivity index (χ1v) is 6.48. The quantitative estimate of drug-likeness (QED) is 0.516. The molecule has 1 atom stereocenters. The summed E-state index contributed by atoms with van der Waals surface area (Å²) in [6, 6.07) is -0.155. The van der Waals surface area contributed by atoms with E-state index in [-0.39, 0.29) is 29.3 Å². The van der Waals surface area contributed by atoms with Crippen molar-refractivity contribution >= 4 is 23.1 Å². The van der Waals surface area contributed by atoms with E-state index in [1.54, 1.807) is 11.8 Å². The van der Waals surface area contributed by atoms with Gasteiger partial charge in [-0.25, -0.2) is 9.97 Å². The van der Waals surface area contributed by atoms with Gasteiger partial charge < -0.3 is 10.0 Å². The largest absolute Gasteiger partial charge is 0.394 e. The maximum atomic E-state index is 11.1. The Kier molecular flexibility index (Phi) is 4.16. The Balaban J connectivity index is 2.50. The van der Waals surface area contributed by atoms with Crippen molar-refractivity contribution < 1.29 is 10.0 Å². The second-order valence-electron chi connectivity index (χ2n) is 4.52. The van der Waals surface area contributed by atoms with Crippen molar-refractivity contribution in [2.45, 2.75) is 32.2 Å². The Morgan fingerprint density at radius 1 is 1.53 bits per heavy atom. The average molecular weight is 287 g/mol. The second-order valence-corrected chi connectivity index (χ2v) is 4.87. The molecule has 1 aliphatic heterocycles. The lowest BCUT2D eigenvalue weighted by atomic mass is 10.0. The van der Waals surface area contributed by atoms with E-state index in [0.717, 1.165) is 19.3 Å². The number of anilines is 1. The molecule has 104 valence electrons. The van der Waals surface area contributed by atoms with Gasteiger partial charge in [-0.3, -0.25) is 10.1 Å². The summed E-state index contributed by atoms with van der Waals surface area (Å²) in [5, 5.41) is 20.4. The number of halogens is 1. The molecule has 19 heavy (non-hydrogen) atoms. The molecule has 1 aromatic heterocycles. The third-order valence-corrected chi connectivity index (χ3v) is 3.49. The molecule has 0 bridgehead atoms. The first-order valence-electron chi connectivity index (χ1n) is 6.10. The summed E-state index contributed by atoms with van der Waals surface area (Å²) in [5.41, 5.74) is -0.285. The number of piperidine rings is 1. The Morgan fingerprint density at radius 2 is 2.26 bits per heavy atom. The smallest absolute Gasteiger partial charge is 0.348 e. The van der Waals surface area contributed by atoms with Crippen molar-refractivity contribution in [3.63, 3.8) is 0 Å². The first-order chi connectivity index (χ1) is 9.04. The predicted octanol–water partition coefficient (Wildman–Crippen LogP) is 1.70. The monoisotopic (exact) mass is 286 g/mol. The lowest BCUT2D eigenvalue weighted by Crippen LogP contribution is -2.42. The fourth-order valence-electron chi connectivity index (χ4n) is 2.34. The van der Waals surface area contributed by atoms with Gasteiger partial charge in [0.25, 0.3) is 0 Å². The summed E-state index contributed by atoms with van der Waals surface area (Å²) in [6.07, 6.45) is 2.69. The summed E-state index contributed by atoms with van der Waals surface area (Å²) in [5.74, 6) is 0.592. The van der Waals surface area contributed by atoms with E-state index >= 15 is 0 Å². The molecule has 2 heterocycles. The van der Waals surface area contributed by atoms with E-state index in [0.29, 0.717) is 12.4 Å². The molecule has 0 unspecified atom stereocenters. The SMILES string of the molecule is Cc1nc(Cl)c([N+](=O)[O-])c(N2CCCC[C@@H]2CO)n1. The van der Waals surface area contributed by atoms with Crippen molar-refractivity contribution in [3.8, 4) is 0 Å². The van der Waals surface area contributed by atoms with Gasteiger partial charge >= 0.3 is 5.69 Å². The van der Waals surface area contributed by atoms with Gasteiger partial charge in [0.15, 0.2) is 0 Å². The topological polar surface area (TPSA) is 92.4 Å². The fourth-order valence-corrected chi connectivity index (χ4v) is 2.62. The zero-order valence-electron chi connectivity index (χ0n) is 10.5. The molecule has 1 aromatic rings. The Labute approximate surface area is 115 Å². The summed E-state index contributed by atoms with van der Waals surface area (Å²) in [7, 11) is 0. The van der Waals surface area contributed by atoms with Gasteiger partial charge in [-0.15, -0.1) is 0 Å². The molecule has 1 saturated heterocycles. The van der Waals surface area contributed by atoms with Crippen LogP contribution in [0.2, 0.25) is 5.15 Å². The highest BCUT2D eigenvalue weighted by atomic mass is 35.5. The minimum Gasteiger partial charge on any atom is -0.394 e. The van der Waals surface area contributed by atoms with Crippen LogP contribution < -0.4 is 4.90 Å². The van der Waals surface area contributed by atoms with E-state index in [1.165, 1.54) is 0 Å². The van der Waals surface area contributed by atoms with Crippen LogP contribution in [0.1, 0.15) is 25.1 Å². The highest BCUT2D eigenvalue weighted by Crippen LogP contribution is 2.35. The molecular formula is C11H15ClN4O3. The van der Waals surface area contributed by atoms with Gasteiger partial charge in [0, 0.05) is 6.54 Å². The predicted molar refractivity (Wildman–Crippen MR) is 70.5 cm³/mol. The van der Waals surface area contributed by atoms with Crippen LogP contribution >= 0.6 is 11.6 Å². The molecule has 0 aromatic carbocycles. The van der Waals surface area contributed by atoms with Crippen LogP contribution in [-0.2, 0) is 0 Å². The maximum absolute atomic E-state index is 11.1. The molecule has 0 radical (unpaired) electrons. The van der Waals surface area contributed by atoms with E-state index in [9.17, 15) is 15.2 Å². The summed E-state index contributed by atoms with van der Waals surface area (Å²) in [6.45, 7) is 2.20. The minimum atomic E-state index is -0.569. The Bertz CT molecular complexity index is 497. The maximum Gasteiger partial charge on any atom is 0.348 e. The summed E-state index contributed by atoms with van der Waals surface area (Å²) >= 11 is 5.86. The van der Waals surface area contributed by atoms with Gasteiger partial charge in [-0.1, -0.05) is 11.6 Å². The van der Waals surface area contributed by atoms with Gasteiger partial charge in [-0.2, -0.15) is 0 Å². The lowest BCUT2D eigenvalue weighted by Gasteiger charge is -2.35. The molecule has 0 aliphatic carbocycles. The first kappa shape index (κ1) is 14.0. The van der Waals surface area contributed by atoms with Gasteiger partial charge in [0.2, 0.25) is 11.0 Å². The van der Waals surface area contributed by atoms with E-state index in [2.05, 4.69) is 9.97 Å². The number of hydrogen-bond donors (Lipinski definition) is 1. The number of nitro groups is 1. The van der Waals surface area contributed by atoms with Crippen LogP contribution in [0.15, 0.2) is 0 Å². The highest BCUT2D eigenvalue weighted by molar-refractivity contribution is 6.31. The third kappa shape index (κ3) is 2.76. The van der Waals surface area contributed by atoms with Crippen LogP contribution in [0.25, 0.3) is 0 Å². The number of aliphatic hydroxyl groups is 1. The summed E-state index contributed by atoms with van der Waals surface area (Å²) < 4.78 is 0. The molecule has 2 rings (SSSR count). The van der Waals surface area contributed by atoms with E-state index in [1.807, 2.05) is 0 Å². The Hall–Kier alpha value is -1.47. The summed E-state index contributed by atoms with van der Waals surface area (Å²) in [4.78, 5) is 20.3. The van der Waals surface area contributed by atoms with Crippen LogP contribution in [0, 0.1) is 17.0 Å². The normalized spacial score (nSPS) is 19.5. The number of hydrogen-bond acceptors (Lipinski definition) is 6. The van der Waals surface area contributed by atoms with Crippen molar-refractivity contribution in [2.24, 2.45) is 0 Å². The van der Waals surface area contributed by atoms with Crippen molar-refractivity contribution in [1.29, 1.82) is 0 Å². The molecule has 0 saturated carbocycles. The van der Waals surface area contributed by atoms with E-state index < -0.39 is 4.92 Å². The molecule has 1 fully saturated rings. The average Bonchev–Trinajstić information content (AvgIpc) is 2.37. The van der Waals surface area contributed by atoms with E-state index in [4.69, 9.17) is 11.6 Å². The highest BCUT2D eigenvalue weighted by Gasteiger charge is 2.32. The zero-order valence-corrected chi connectivity index (χ0v) is 11.3. The number of aliphatic hydroxyl groups excluding tert-OH is 1. The lowest BCUT2D eigenvalue weighted by molar-refractivity contribution is -0.384. The molecular weight excluding hydrogens is 272 g/mol. The number of aryl methyl sites for hydroxylation is 1.